The van der Waals surface area contributed by atoms with Crippen molar-refractivity contribution in [2.75, 3.05) is 19.6 Å². The number of hydrogen-bond acceptors (Lipinski definition) is 6. The summed E-state index contributed by atoms with van der Waals surface area (Å²) < 4.78 is 0. The fourth-order valence-electron chi connectivity index (χ4n) is 4.46. The van der Waals surface area contributed by atoms with E-state index in [1.807, 2.05) is 0 Å². The zero-order valence-electron chi connectivity index (χ0n) is 21.9. The van der Waals surface area contributed by atoms with Crippen molar-refractivity contribution in [2.45, 2.75) is 83.8 Å². The van der Waals surface area contributed by atoms with E-state index in [1.165, 1.54) is 4.90 Å². The predicted octanol–water partition coefficient (Wildman–Crippen LogP) is -0.443. The summed E-state index contributed by atoms with van der Waals surface area (Å²) in [6, 6.07) is -3.47. The summed E-state index contributed by atoms with van der Waals surface area (Å²) >= 11 is 0. The van der Waals surface area contributed by atoms with E-state index in [9.17, 15) is 28.8 Å². The van der Waals surface area contributed by atoms with E-state index in [2.05, 4.69) is 21.3 Å². The maximum Gasteiger partial charge on any atom is 0.315 e. The fraction of sp³-hybridized carbons (Fsp3) is 0.760. The molecule has 12 nitrogen and oxygen atoms in total. The van der Waals surface area contributed by atoms with Crippen molar-refractivity contribution in [3.8, 4) is 0 Å². The minimum absolute atomic E-state index is 0.214. The molecule has 6 amide bonds. The summed E-state index contributed by atoms with van der Waals surface area (Å²) in [6.07, 6.45) is 5.36. The molecule has 1 saturated heterocycles. The van der Waals surface area contributed by atoms with E-state index >= 15 is 0 Å². The third-order valence-electron chi connectivity index (χ3n) is 7.06. The van der Waals surface area contributed by atoms with Gasteiger partial charge in [0.2, 0.25) is 23.5 Å². The highest BCUT2D eigenvalue weighted by atomic mass is 16.2. The molecular formula is C25H40N6O6. The molecule has 2 saturated carbocycles. The highest BCUT2D eigenvalue weighted by Crippen LogP contribution is 2.34. The smallest absolute Gasteiger partial charge is 0.315 e. The lowest BCUT2D eigenvalue weighted by molar-refractivity contribution is -0.143. The molecule has 206 valence electrons. The van der Waals surface area contributed by atoms with Gasteiger partial charge in [0.1, 0.15) is 12.1 Å². The van der Waals surface area contributed by atoms with Gasteiger partial charge in [-0.3, -0.25) is 24.0 Å². The van der Waals surface area contributed by atoms with E-state index in [-0.39, 0.29) is 18.4 Å². The number of ketones is 1. The molecule has 2 unspecified atom stereocenters. The number of carbonyl (C=O) groups is 6. The molecule has 3 rings (SSSR count). The van der Waals surface area contributed by atoms with Crippen LogP contribution in [0.1, 0.15) is 65.7 Å². The molecule has 1 aliphatic heterocycles. The average Bonchev–Trinajstić information content (AvgIpc) is 3.76. The summed E-state index contributed by atoms with van der Waals surface area (Å²) in [6.45, 7) is 6.07. The highest BCUT2D eigenvalue weighted by molar-refractivity contribution is 6.37. The second-order valence-corrected chi connectivity index (χ2v) is 11.5. The molecule has 3 atom stereocenters. The van der Waals surface area contributed by atoms with Gasteiger partial charge >= 0.3 is 6.03 Å². The maximum absolute atomic E-state index is 13.6. The number of rotatable bonds is 12. The van der Waals surface area contributed by atoms with Crippen molar-refractivity contribution >= 4 is 35.4 Å². The van der Waals surface area contributed by atoms with Crippen molar-refractivity contribution in [3.63, 3.8) is 0 Å². The first-order chi connectivity index (χ1) is 17.4. The Bertz CT molecular complexity index is 923. The lowest BCUT2D eigenvalue weighted by Crippen LogP contribution is -2.60. The summed E-state index contributed by atoms with van der Waals surface area (Å²) in [7, 11) is 0. The molecule has 0 aromatic carbocycles. The Morgan fingerprint density at radius 3 is 2.14 bits per heavy atom. The lowest BCUT2D eigenvalue weighted by Gasteiger charge is -2.35. The van der Waals surface area contributed by atoms with Crippen molar-refractivity contribution in [2.24, 2.45) is 23.0 Å². The van der Waals surface area contributed by atoms with Crippen LogP contribution in [0.15, 0.2) is 0 Å². The number of primary amides is 1. The van der Waals surface area contributed by atoms with Gasteiger partial charge in [-0.2, -0.15) is 0 Å². The number of hydrogen-bond donors (Lipinski definition) is 5. The third-order valence-corrected chi connectivity index (χ3v) is 7.06. The number of likely N-dealkylation sites (tertiary alicyclic amines) is 1. The van der Waals surface area contributed by atoms with Gasteiger partial charge in [-0.1, -0.05) is 33.6 Å². The van der Waals surface area contributed by atoms with Gasteiger partial charge in [-0.25, -0.2) is 4.79 Å². The van der Waals surface area contributed by atoms with Gasteiger partial charge in [0.15, 0.2) is 0 Å². The van der Waals surface area contributed by atoms with Gasteiger partial charge in [0, 0.05) is 13.1 Å². The second-order valence-electron chi connectivity index (χ2n) is 11.5. The van der Waals surface area contributed by atoms with Crippen LogP contribution in [0.2, 0.25) is 0 Å². The number of amides is 6. The quantitative estimate of drug-likeness (QED) is 0.218. The fourth-order valence-corrected chi connectivity index (χ4v) is 4.46. The number of urea groups is 1. The van der Waals surface area contributed by atoms with Crippen LogP contribution in [0.4, 0.5) is 4.79 Å². The van der Waals surface area contributed by atoms with Gasteiger partial charge in [-0.15, -0.1) is 0 Å². The lowest BCUT2D eigenvalue weighted by atomic mass is 9.85. The molecule has 37 heavy (non-hydrogen) atoms. The van der Waals surface area contributed by atoms with Crippen LogP contribution in [0.5, 0.6) is 0 Å². The average molecular weight is 521 g/mol. The van der Waals surface area contributed by atoms with Gasteiger partial charge in [0.05, 0.1) is 12.6 Å². The molecule has 0 radical (unpaired) electrons. The Morgan fingerprint density at radius 1 is 0.919 bits per heavy atom. The van der Waals surface area contributed by atoms with Gasteiger partial charge in [-0.05, 0) is 49.4 Å². The Morgan fingerprint density at radius 2 is 1.57 bits per heavy atom. The molecule has 3 aliphatic rings. The molecule has 2 aliphatic carbocycles. The van der Waals surface area contributed by atoms with E-state index < -0.39 is 53.1 Å². The maximum atomic E-state index is 13.6. The monoisotopic (exact) mass is 520 g/mol. The van der Waals surface area contributed by atoms with Crippen molar-refractivity contribution in [3.05, 3.63) is 0 Å². The zero-order valence-corrected chi connectivity index (χ0v) is 21.9. The van der Waals surface area contributed by atoms with Crippen LogP contribution < -0.4 is 27.0 Å². The molecule has 0 bridgehead atoms. The molecule has 0 aromatic heterocycles. The number of carbonyl (C=O) groups excluding carboxylic acids is 6. The van der Waals surface area contributed by atoms with Crippen LogP contribution in [0.3, 0.4) is 0 Å². The van der Waals surface area contributed by atoms with E-state index in [1.54, 1.807) is 20.8 Å². The summed E-state index contributed by atoms with van der Waals surface area (Å²) in [4.78, 5) is 76.3. The van der Waals surface area contributed by atoms with Gasteiger partial charge in [0.25, 0.3) is 5.91 Å². The Kier molecular flexibility index (Phi) is 9.14. The number of Topliss-reactive ketones (excluding diaryl/α,β-unsaturated/α-hetero) is 1. The SMILES string of the molecule is CC(C)(C)C(NC(=O)NCC(=O)NCC1CC1)C(=O)N1CCC[C@H]1C(=O)NC(CC1CC1)C(=O)C(N)=O. The van der Waals surface area contributed by atoms with Crippen molar-refractivity contribution < 1.29 is 28.8 Å². The molecule has 1 heterocycles. The first-order valence-electron chi connectivity index (χ1n) is 13.1. The van der Waals surface area contributed by atoms with E-state index in [4.69, 9.17) is 5.73 Å². The van der Waals surface area contributed by atoms with Crippen molar-refractivity contribution in [1.82, 2.24) is 26.2 Å². The Labute approximate surface area is 217 Å². The highest BCUT2D eigenvalue weighted by Gasteiger charge is 2.43. The Balaban J connectivity index is 1.60. The second kappa shape index (κ2) is 11.9. The minimum Gasteiger partial charge on any atom is -0.363 e. The van der Waals surface area contributed by atoms with E-state index in [0.29, 0.717) is 38.3 Å². The van der Waals surface area contributed by atoms with Crippen LogP contribution in [-0.4, -0.2) is 78.1 Å². The van der Waals surface area contributed by atoms with Gasteiger partial charge < -0.3 is 31.9 Å². The first-order valence-corrected chi connectivity index (χ1v) is 13.1. The third kappa shape index (κ3) is 8.43. The summed E-state index contributed by atoms with van der Waals surface area (Å²) in [5, 5.41) is 10.6. The van der Waals surface area contributed by atoms with E-state index in [0.717, 1.165) is 25.7 Å². The molecule has 0 spiro atoms. The minimum atomic E-state index is -1.10. The molecule has 6 N–H and O–H groups in total. The molecule has 3 fully saturated rings. The largest absolute Gasteiger partial charge is 0.363 e. The van der Waals surface area contributed by atoms with Crippen molar-refractivity contribution in [1.29, 1.82) is 0 Å². The normalized spacial score (nSPS) is 20.9. The number of nitrogens with one attached hydrogen (secondary N) is 4. The predicted molar refractivity (Wildman–Crippen MR) is 134 cm³/mol. The molecule has 0 aromatic rings. The Hall–Kier alpha value is -3.18. The molecule has 12 heteroatoms. The van der Waals surface area contributed by atoms with Crippen LogP contribution in [-0.2, 0) is 24.0 Å². The first kappa shape index (κ1) is 28.4. The zero-order chi connectivity index (χ0) is 27.3. The van der Waals surface area contributed by atoms with Crippen LogP contribution >= 0.6 is 0 Å². The topological polar surface area (TPSA) is 180 Å². The van der Waals surface area contributed by atoms with Crippen LogP contribution in [0, 0.1) is 17.3 Å². The number of nitrogens with two attached hydrogens (primary N) is 1. The molecular weight excluding hydrogens is 480 g/mol. The number of nitrogens with zero attached hydrogens (tertiary/aromatic N) is 1. The standard InChI is InChI=1S/C25H40N6O6/c1-25(2,3)20(30-24(37)28-13-18(32)27-12-15-8-9-15)23(36)31-10-4-5-17(31)22(35)29-16(11-14-6-7-14)19(33)21(26)34/h14-17,20H,4-13H2,1-3H3,(H2,26,34)(H,27,32)(H,29,35)(H2,28,30,37)/t16?,17-,20?/m0/s1. The summed E-state index contributed by atoms with van der Waals surface area (Å²) in [5.74, 6) is -2.42. The summed E-state index contributed by atoms with van der Waals surface area (Å²) in [5.41, 5.74) is 4.48. The van der Waals surface area contributed by atoms with Crippen LogP contribution in [0.25, 0.3) is 0 Å².